The molecule has 0 bridgehead atoms. The normalized spacial score (nSPS) is 12.7. The molecule has 3 nitrogen and oxygen atoms in total. The summed E-state index contributed by atoms with van der Waals surface area (Å²) in [4.78, 5) is 0. The van der Waals surface area contributed by atoms with Crippen LogP contribution in [0.5, 0.6) is 0 Å². The van der Waals surface area contributed by atoms with E-state index in [4.69, 9.17) is 5.73 Å². The van der Waals surface area contributed by atoms with Crippen molar-refractivity contribution >= 4 is 0 Å². The summed E-state index contributed by atoms with van der Waals surface area (Å²) in [5, 5.41) is 4.58. The second-order valence-electron chi connectivity index (χ2n) is 5.13. The Morgan fingerprint density at radius 3 is 2.26 bits per heavy atom. The Labute approximate surface area is 115 Å². The third-order valence-corrected chi connectivity index (χ3v) is 3.45. The first-order valence-corrected chi connectivity index (χ1v) is 6.95. The van der Waals surface area contributed by atoms with Gasteiger partial charge in [-0.3, -0.25) is 4.68 Å². The van der Waals surface area contributed by atoms with Crippen molar-refractivity contribution in [1.82, 2.24) is 9.78 Å². The number of nitrogens with two attached hydrogens (primary N) is 1. The van der Waals surface area contributed by atoms with Crippen LogP contribution < -0.4 is 5.73 Å². The van der Waals surface area contributed by atoms with Crippen LogP contribution >= 0.6 is 0 Å². The van der Waals surface area contributed by atoms with Crippen molar-refractivity contribution in [3.8, 4) is 0 Å². The number of nitrogens with zero attached hydrogens (tertiary/aromatic N) is 2. The van der Waals surface area contributed by atoms with Crippen molar-refractivity contribution in [1.29, 1.82) is 0 Å². The molecule has 0 radical (unpaired) electrons. The molecule has 0 saturated heterocycles. The fourth-order valence-electron chi connectivity index (χ4n) is 2.52. The maximum Gasteiger partial charge on any atom is 0.0723 e. The van der Waals surface area contributed by atoms with E-state index in [1.807, 2.05) is 4.68 Å². The van der Waals surface area contributed by atoms with E-state index < -0.39 is 0 Å². The lowest BCUT2D eigenvalue weighted by Crippen LogP contribution is -2.17. The van der Waals surface area contributed by atoms with Gasteiger partial charge < -0.3 is 5.73 Å². The number of rotatable bonds is 4. The number of benzene rings is 1. The van der Waals surface area contributed by atoms with E-state index >= 15 is 0 Å². The third-order valence-electron chi connectivity index (χ3n) is 3.45. The van der Waals surface area contributed by atoms with E-state index in [2.05, 4.69) is 57.1 Å². The van der Waals surface area contributed by atoms with Gasteiger partial charge in [-0.25, -0.2) is 0 Å². The van der Waals surface area contributed by atoms with Gasteiger partial charge in [-0.1, -0.05) is 36.2 Å². The Balaban J connectivity index is 2.42. The number of hydrogen-bond donors (Lipinski definition) is 1. The zero-order valence-electron chi connectivity index (χ0n) is 12.3. The average molecular weight is 257 g/mol. The fraction of sp³-hybridized carbons (Fsp3) is 0.438. The Bertz CT molecular complexity index is 549. The summed E-state index contributed by atoms with van der Waals surface area (Å²) in [7, 11) is 0. The molecule has 0 fully saturated rings. The molecule has 19 heavy (non-hydrogen) atoms. The first kappa shape index (κ1) is 13.8. The van der Waals surface area contributed by atoms with E-state index in [0.29, 0.717) is 0 Å². The van der Waals surface area contributed by atoms with Crippen molar-refractivity contribution in [2.45, 2.75) is 46.7 Å². The predicted molar refractivity (Wildman–Crippen MR) is 79.2 cm³/mol. The maximum absolute atomic E-state index is 6.44. The van der Waals surface area contributed by atoms with Crippen LogP contribution in [0.15, 0.2) is 24.3 Å². The van der Waals surface area contributed by atoms with Crippen molar-refractivity contribution in [3.05, 3.63) is 52.3 Å². The van der Waals surface area contributed by atoms with Crippen LogP contribution in [0, 0.1) is 13.8 Å². The van der Waals surface area contributed by atoms with E-state index in [-0.39, 0.29) is 6.04 Å². The van der Waals surface area contributed by atoms with Crippen LogP contribution in [0.2, 0.25) is 0 Å². The monoisotopic (exact) mass is 257 g/mol. The minimum absolute atomic E-state index is 0.105. The summed E-state index contributed by atoms with van der Waals surface area (Å²) < 4.78 is 2.02. The Morgan fingerprint density at radius 2 is 1.74 bits per heavy atom. The molecule has 0 aliphatic rings. The van der Waals surface area contributed by atoms with Crippen LogP contribution in [-0.4, -0.2) is 9.78 Å². The summed E-state index contributed by atoms with van der Waals surface area (Å²) in [5.74, 6) is 0. The highest BCUT2D eigenvalue weighted by Gasteiger charge is 2.16. The molecule has 3 heteroatoms. The van der Waals surface area contributed by atoms with E-state index in [9.17, 15) is 0 Å². The lowest BCUT2D eigenvalue weighted by molar-refractivity contribution is 0.594. The lowest BCUT2D eigenvalue weighted by Gasteiger charge is -2.15. The van der Waals surface area contributed by atoms with Gasteiger partial charge in [-0.15, -0.1) is 0 Å². The molecule has 1 atom stereocenters. The van der Waals surface area contributed by atoms with Crippen LogP contribution in [0.4, 0.5) is 0 Å². The minimum atomic E-state index is -0.105. The smallest absolute Gasteiger partial charge is 0.0723 e. The second kappa shape index (κ2) is 5.57. The van der Waals surface area contributed by atoms with Gasteiger partial charge in [0.05, 0.1) is 17.4 Å². The maximum atomic E-state index is 6.44. The number of aromatic nitrogens is 2. The van der Waals surface area contributed by atoms with Gasteiger partial charge in [0.1, 0.15) is 0 Å². The Hall–Kier alpha value is -1.61. The highest BCUT2D eigenvalue weighted by Crippen LogP contribution is 2.23. The summed E-state index contributed by atoms with van der Waals surface area (Å²) in [6.45, 7) is 9.29. The zero-order chi connectivity index (χ0) is 14.0. The van der Waals surface area contributed by atoms with Gasteiger partial charge in [0.2, 0.25) is 0 Å². The standard InChI is InChI=1S/C16H23N3/c1-5-14-10-15(19(6-2)18-14)16(17)13-8-11(3)7-12(4)9-13/h7-10,16H,5-6,17H2,1-4H3. The third kappa shape index (κ3) is 2.87. The molecule has 0 spiro atoms. The topological polar surface area (TPSA) is 43.8 Å². The van der Waals surface area contributed by atoms with Gasteiger partial charge >= 0.3 is 0 Å². The quantitative estimate of drug-likeness (QED) is 0.914. The van der Waals surface area contributed by atoms with Crippen molar-refractivity contribution in [2.24, 2.45) is 5.73 Å². The first-order chi connectivity index (χ1) is 9.05. The molecular weight excluding hydrogens is 234 g/mol. The summed E-state index contributed by atoms with van der Waals surface area (Å²) >= 11 is 0. The Kier molecular flexibility index (Phi) is 4.05. The van der Waals surface area contributed by atoms with Crippen molar-refractivity contribution < 1.29 is 0 Å². The van der Waals surface area contributed by atoms with E-state index in [1.165, 1.54) is 11.1 Å². The molecular formula is C16H23N3. The molecule has 1 aromatic heterocycles. The predicted octanol–water partition coefficient (Wildman–Crippen LogP) is 3.13. The van der Waals surface area contributed by atoms with Crippen LogP contribution in [0.3, 0.4) is 0 Å². The molecule has 2 rings (SSSR count). The Morgan fingerprint density at radius 1 is 1.11 bits per heavy atom. The minimum Gasteiger partial charge on any atom is -0.319 e. The van der Waals surface area contributed by atoms with E-state index in [1.54, 1.807) is 0 Å². The molecule has 2 N–H and O–H groups in total. The van der Waals surface area contributed by atoms with Crippen molar-refractivity contribution in [3.63, 3.8) is 0 Å². The van der Waals surface area contributed by atoms with Gasteiger partial charge in [0, 0.05) is 6.54 Å². The second-order valence-corrected chi connectivity index (χ2v) is 5.13. The van der Waals surface area contributed by atoms with Gasteiger partial charge in [-0.2, -0.15) is 5.10 Å². The fourth-order valence-corrected chi connectivity index (χ4v) is 2.52. The molecule has 1 unspecified atom stereocenters. The molecule has 1 aromatic carbocycles. The summed E-state index contributed by atoms with van der Waals surface area (Å²) in [6.07, 6.45) is 0.944. The molecule has 0 saturated carbocycles. The number of aryl methyl sites for hydroxylation is 4. The van der Waals surface area contributed by atoms with Crippen LogP contribution in [0.1, 0.15) is 48.0 Å². The highest BCUT2D eigenvalue weighted by atomic mass is 15.3. The molecule has 0 aliphatic heterocycles. The molecule has 1 heterocycles. The largest absolute Gasteiger partial charge is 0.319 e. The first-order valence-electron chi connectivity index (χ1n) is 6.95. The zero-order valence-corrected chi connectivity index (χ0v) is 12.3. The lowest BCUT2D eigenvalue weighted by atomic mass is 9.99. The highest BCUT2D eigenvalue weighted by molar-refractivity contribution is 5.35. The van der Waals surface area contributed by atoms with Gasteiger partial charge in [0.15, 0.2) is 0 Å². The number of hydrogen-bond acceptors (Lipinski definition) is 2. The van der Waals surface area contributed by atoms with E-state index in [0.717, 1.165) is 29.9 Å². The molecule has 0 amide bonds. The SMILES string of the molecule is CCc1cc(C(N)c2cc(C)cc(C)c2)n(CC)n1. The summed E-state index contributed by atoms with van der Waals surface area (Å²) in [6, 6.07) is 8.52. The molecule has 2 aromatic rings. The van der Waals surface area contributed by atoms with Crippen LogP contribution in [-0.2, 0) is 13.0 Å². The van der Waals surface area contributed by atoms with Crippen LogP contribution in [0.25, 0.3) is 0 Å². The molecule has 102 valence electrons. The van der Waals surface area contributed by atoms with Gasteiger partial charge in [-0.05, 0) is 38.8 Å². The average Bonchev–Trinajstić information content (AvgIpc) is 2.80. The summed E-state index contributed by atoms with van der Waals surface area (Å²) in [5.41, 5.74) is 12.3. The van der Waals surface area contributed by atoms with Gasteiger partial charge in [0.25, 0.3) is 0 Å². The van der Waals surface area contributed by atoms with Crippen molar-refractivity contribution in [2.75, 3.05) is 0 Å². The molecule has 0 aliphatic carbocycles.